The van der Waals surface area contributed by atoms with Gasteiger partial charge in [-0.15, -0.1) is 0 Å². The summed E-state index contributed by atoms with van der Waals surface area (Å²) >= 11 is 0. The van der Waals surface area contributed by atoms with E-state index in [-0.39, 0.29) is 12.1 Å². The van der Waals surface area contributed by atoms with Crippen molar-refractivity contribution in [3.8, 4) is 11.3 Å². The highest BCUT2D eigenvalue weighted by atomic mass is 16.6. The van der Waals surface area contributed by atoms with Gasteiger partial charge in [0.15, 0.2) is 0 Å². The second-order valence-corrected chi connectivity index (χ2v) is 10.4. The second-order valence-electron chi connectivity index (χ2n) is 10.4. The van der Waals surface area contributed by atoms with E-state index in [0.717, 1.165) is 40.6 Å². The first kappa shape index (κ1) is 24.5. The van der Waals surface area contributed by atoms with E-state index in [1.165, 1.54) is 0 Å². The number of likely N-dealkylation sites (tertiary alicyclic amines) is 1. The number of rotatable bonds is 5. The van der Waals surface area contributed by atoms with Gasteiger partial charge >= 0.3 is 6.09 Å². The van der Waals surface area contributed by atoms with Crippen molar-refractivity contribution >= 4 is 28.5 Å². The topological polar surface area (TPSA) is 111 Å². The van der Waals surface area contributed by atoms with Gasteiger partial charge in [0.2, 0.25) is 0 Å². The molecule has 1 aliphatic heterocycles. The van der Waals surface area contributed by atoms with Gasteiger partial charge < -0.3 is 20.7 Å². The monoisotopic (exact) mass is 499 g/mol. The average molecular weight is 500 g/mol. The maximum atomic E-state index is 12.4. The molecule has 0 unspecified atom stereocenters. The van der Waals surface area contributed by atoms with Crippen LogP contribution in [-0.4, -0.2) is 49.4 Å². The third-order valence-electron chi connectivity index (χ3n) is 6.44. The Bertz CT molecular complexity index is 1400. The third kappa shape index (κ3) is 5.82. The molecule has 3 aromatic heterocycles. The second kappa shape index (κ2) is 10.1. The maximum Gasteiger partial charge on any atom is 0.410 e. The fourth-order valence-corrected chi connectivity index (χ4v) is 4.50. The molecule has 0 bridgehead atoms. The summed E-state index contributed by atoms with van der Waals surface area (Å²) in [5.74, 6) is 0.641. The number of nitrogen functional groups attached to an aromatic ring is 1. The molecule has 5 rings (SSSR count). The molecule has 192 valence electrons. The Morgan fingerprint density at radius 2 is 1.97 bits per heavy atom. The molecular weight excluding hydrogens is 466 g/mol. The van der Waals surface area contributed by atoms with E-state index >= 15 is 0 Å². The highest BCUT2D eigenvalue weighted by Gasteiger charge is 2.28. The Kier molecular flexibility index (Phi) is 6.69. The van der Waals surface area contributed by atoms with E-state index in [2.05, 4.69) is 33.6 Å². The standard InChI is InChI=1S/C28H33N7O2/c1-28(2,3)37-27(36)34-13-10-22(11-14-34)35-18-21(17-32-35)25-9-7-23(29)26(33-25)31-16-19-6-8-24-20(15-19)5-4-12-30-24/h4-9,12,15,17-18,22H,10-11,13-14,16,29H2,1-3H3,(H,31,33). The number of amides is 1. The average Bonchev–Trinajstić information content (AvgIpc) is 3.37. The molecule has 37 heavy (non-hydrogen) atoms. The van der Waals surface area contributed by atoms with E-state index in [1.807, 2.05) is 62.1 Å². The first-order valence-electron chi connectivity index (χ1n) is 12.6. The molecule has 0 saturated carbocycles. The number of carbonyl (C=O) groups is 1. The van der Waals surface area contributed by atoms with Crippen LogP contribution >= 0.6 is 0 Å². The Hall–Kier alpha value is -4.14. The molecule has 4 heterocycles. The number of nitrogens with zero attached hydrogens (tertiary/aromatic N) is 5. The Balaban J connectivity index is 1.23. The van der Waals surface area contributed by atoms with Crippen LogP contribution in [0, 0.1) is 0 Å². The molecule has 1 fully saturated rings. The van der Waals surface area contributed by atoms with Gasteiger partial charge in [-0.1, -0.05) is 12.1 Å². The SMILES string of the molecule is CC(C)(C)OC(=O)N1CCC(n2cc(-c3ccc(N)c(NCc4ccc5ncccc5c4)n3)cn2)CC1. The summed E-state index contributed by atoms with van der Waals surface area (Å²) in [6.07, 6.45) is 7.04. The predicted octanol–water partition coefficient (Wildman–Crippen LogP) is 5.26. The van der Waals surface area contributed by atoms with E-state index in [9.17, 15) is 4.79 Å². The number of nitrogens with two attached hydrogens (primary N) is 1. The fraction of sp³-hybridized carbons (Fsp3) is 0.357. The minimum Gasteiger partial charge on any atom is -0.444 e. The zero-order chi connectivity index (χ0) is 26.0. The lowest BCUT2D eigenvalue weighted by atomic mass is 10.1. The van der Waals surface area contributed by atoms with Crippen LogP contribution in [0.25, 0.3) is 22.2 Å². The van der Waals surface area contributed by atoms with Crippen molar-refractivity contribution in [3.05, 3.63) is 66.6 Å². The van der Waals surface area contributed by atoms with Gasteiger partial charge in [0.25, 0.3) is 0 Å². The number of pyridine rings is 2. The summed E-state index contributed by atoms with van der Waals surface area (Å²) in [5.41, 5.74) is 10.1. The van der Waals surface area contributed by atoms with E-state index < -0.39 is 5.60 Å². The van der Waals surface area contributed by atoms with Crippen molar-refractivity contribution in [3.63, 3.8) is 0 Å². The zero-order valence-corrected chi connectivity index (χ0v) is 21.5. The molecular formula is C28H33N7O2. The zero-order valence-electron chi connectivity index (χ0n) is 21.5. The fourth-order valence-electron chi connectivity index (χ4n) is 4.50. The number of anilines is 2. The van der Waals surface area contributed by atoms with Gasteiger partial charge in [-0.3, -0.25) is 9.67 Å². The van der Waals surface area contributed by atoms with E-state index in [0.29, 0.717) is 31.1 Å². The van der Waals surface area contributed by atoms with Gasteiger partial charge in [-0.25, -0.2) is 9.78 Å². The first-order chi connectivity index (χ1) is 17.7. The summed E-state index contributed by atoms with van der Waals surface area (Å²) in [5, 5.41) is 9.08. The lowest BCUT2D eigenvalue weighted by Gasteiger charge is -2.33. The molecule has 0 atom stereocenters. The maximum absolute atomic E-state index is 12.4. The predicted molar refractivity (Wildman–Crippen MR) is 145 cm³/mol. The van der Waals surface area contributed by atoms with E-state index in [4.69, 9.17) is 15.5 Å². The van der Waals surface area contributed by atoms with Gasteiger partial charge in [-0.2, -0.15) is 5.10 Å². The molecule has 4 aromatic rings. The molecule has 1 saturated heterocycles. The molecule has 9 nitrogen and oxygen atoms in total. The Morgan fingerprint density at radius 3 is 2.76 bits per heavy atom. The summed E-state index contributed by atoms with van der Waals surface area (Å²) in [7, 11) is 0. The molecule has 1 aliphatic rings. The van der Waals surface area contributed by atoms with Crippen molar-refractivity contribution in [2.24, 2.45) is 0 Å². The summed E-state index contributed by atoms with van der Waals surface area (Å²) in [4.78, 5) is 23.3. The van der Waals surface area contributed by atoms with Crippen LogP contribution < -0.4 is 11.1 Å². The number of benzene rings is 1. The molecule has 0 aliphatic carbocycles. The van der Waals surface area contributed by atoms with E-state index in [1.54, 1.807) is 11.1 Å². The number of ether oxygens (including phenoxy) is 1. The smallest absolute Gasteiger partial charge is 0.410 e. The number of fused-ring (bicyclic) bond motifs is 1. The Morgan fingerprint density at radius 1 is 1.16 bits per heavy atom. The summed E-state index contributed by atoms with van der Waals surface area (Å²) in [6, 6.07) is 14.2. The quantitative estimate of drug-likeness (QED) is 0.385. The Labute approximate surface area is 216 Å². The van der Waals surface area contributed by atoms with Crippen LogP contribution in [0.15, 0.2) is 61.1 Å². The highest BCUT2D eigenvalue weighted by Crippen LogP contribution is 2.28. The van der Waals surface area contributed by atoms with Crippen molar-refractivity contribution in [2.45, 2.75) is 51.8 Å². The first-order valence-corrected chi connectivity index (χ1v) is 12.6. The molecule has 1 amide bonds. The van der Waals surface area contributed by atoms with Crippen LogP contribution in [0.4, 0.5) is 16.3 Å². The molecule has 1 aromatic carbocycles. The van der Waals surface area contributed by atoms with Gasteiger partial charge in [0.1, 0.15) is 11.4 Å². The number of carbonyl (C=O) groups excluding carboxylic acids is 1. The van der Waals surface area contributed by atoms with Crippen molar-refractivity contribution in [1.82, 2.24) is 24.6 Å². The lowest BCUT2D eigenvalue weighted by Crippen LogP contribution is -2.42. The lowest BCUT2D eigenvalue weighted by molar-refractivity contribution is 0.0185. The van der Waals surface area contributed by atoms with Crippen molar-refractivity contribution in [2.75, 3.05) is 24.1 Å². The van der Waals surface area contributed by atoms with Crippen LogP contribution in [0.5, 0.6) is 0 Å². The summed E-state index contributed by atoms with van der Waals surface area (Å²) in [6.45, 7) is 7.55. The van der Waals surface area contributed by atoms with Gasteiger partial charge in [-0.05, 0) is 69.5 Å². The third-order valence-corrected chi connectivity index (χ3v) is 6.44. The number of aromatic nitrogens is 4. The van der Waals surface area contributed by atoms with Crippen molar-refractivity contribution in [1.29, 1.82) is 0 Å². The molecule has 9 heteroatoms. The van der Waals surface area contributed by atoms with Crippen LogP contribution in [-0.2, 0) is 11.3 Å². The normalized spacial score (nSPS) is 14.6. The van der Waals surface area contributed by atoms with Crippen LogP contribution in [0.3, 0.4) is 0 Å². The summed E-state index contributed by atoms with van der Waals surface area (Å²) < 4.78 is 7.49. The molecule has 0 spiro atoms. The van der Waals surface area contributed by atoms with Crippen molar-refractivity contribution < 1.29 is 9.53 Å². The number of hydrogen-bond donors (Lipinski definition) is 2. The molecule has 3 N–H and O–H groups in total. The highest BCUT2D eigenvalue weighted by molar-refractivity contribution is 5.79. The molecule has 0 radical (unpaired) electrons. The minimum atomic E-state index is -0.489. The van der Waals surface area contributed by atoms with Gasteiger partial charge in [0, 0.05) is 43.0 Å². The number of nitrogens with one attached hydrogen (secondary N) is 1. The number of piperidine rings is 1. The minimum absolute atomic E-state index is 0.223. The van der Waals surface area contributed by atoms with Crippen LogP contribution in [0.1, 0.15) is 45.2 Å². The number of hydrogen-bond acceptors (Lipinski definition) is 7. The van der Waals surface area contributed by atoms with Crippen LogP contribution in [0.2, 0.25) is 0 Å². The largest absolute Gasteiger partial charge is 0.444 e. The van der Waals surface area contributed by atoms with Gasteiger partial charge in [0.05, 0.1) is 29.1 Å².